The molecule has 6 heteroatoms. The van der Waals surface area contributed by atoms with Crippen molar-refractivity contribution in [2.75, 3.05) is 46.6 Å². The molecule has 28 heavy (non-hydrogen) atoms. The van der Waals surface area contributed by atoms with Crippen LogP contribution in [0.3, 0.4) is 0 Å². The van der Waals surface area contributed by atoms with E-state index in [-0.39, 0.29) is 6.10 Å². The van der Waals surface area contributed by atoms with Crippen LogP contribution in [0.4, 0.5) is 0 Å². The number of hydrogen-bond acceptors (Lipinski definition) is 6. The molecule has 1 N–H and O–H groups in total. The molecule has 0 spiro atoms. The third-order valence-electron chi connectivity index (χ3n) is 4.59. The number of benzene rings is 2. The van der Waals surface area contributed by atoms with E-state index in [2.05, 4.69) is 4.90 Å². The Balaban J connectivity index is 1.36. The smallest absolute Gasteiger partial charge is 0.123 e. The van der Waals surface area contributed by atoms with Crippen molar-refractivity contribution in [3.8, 4) is 11.5 Å². The van der Waals surface area contributed by atoms with E-state index in [1.165, 1.54) is 0 Å². The zero-order valence-corrected chi connectivity index (χ0v) is 16.3. The van der Waals surface area contributed by atoms with Crippen molar-refractivity contribution in [3.05, 3.63) is 60.2 Å². The summed E-state index contributed by atoms with van der Waals surface area (Å²) in [5.41, 5.74) is 1.11. The van der Waals surface area contributed by atoms with E-state index in [9.17, 15) is 5.11 Å². The SMILES string of the molecule is COc1cccc(OC[C@@H]2CN(C[C@H](O)COCc3ccccc3)CCO2)c1. The molecule has 2 aromatic rings. The lowest BCUT2D eigenvalue weighted by atomic mass is 10.2. The molecular formula is C22H29NO5. The van der Waals surface area contributed by atoms with Gasteiger partial charge in [0.1, 0.15) is 24.2 Å². The molecule has 2 atom stereocenters. The summed E-state index contributed by atoms with van der Waals surface area (Å²) in [5.74, 6) is 1.52. The van der Waals surface area contributed by atoms with E-state index in [1.54, 1.807) is 7.11 Å². The zero-order chi connectivity index (χ0) is 19.6. The van der Waals surface area contributed by atoms with E-state index >= 15 is 0 Å². The number of ether oxygens (including phenoxy) is 4. The highest BCUT2D eigenvalue weighted by molar-refractivity contribution is 5.32. The predicted octanol–water partition coefficient (Wildman–Crippen LogP) is 2.35. The van der Waals surface area contributed by atoms with Gasteiger partial charge in [-0.25, -0.2) is 0 Å². The molecule has 0 radical (unpaired) electrons. The number of morpholine rings is 1. The van der Waals surface area contributed by atoms with Gasteiger partial charge in [0.2, 0.25) is 0 Å². The molecule has 0 aliphatic carbocycles. The highest BCUT2D eigenvalue weighted by atomic mass is 16.5. The summed E-state index contributed by atoms with van der Waals surface area (Å²) in [4.78, 5) is 2.19. The molecule has 0 bridgehead atoms. The Morgan fingerprint density at radius 1 is 1.14 bits per heavy atom. The molecule has 2 aromatic carbocycles. The van der Waals surface area contributed by atoms with Crippen molar-refractivity contribution in [2.24, 2.45) is 0 Å². The minimum absolute atomic E-state index is 0.0302. The molecule has 3 rings (SSSR count). The molecule has 0 aromatic heterocycles. The fourth-order valence-corrected chi connectivity index (χ4v) is 3.17. The molecule has 1 aliphatic heterocycles. The van der Waals surface area contributed by atoms with E-state index in [0.717, 1.165) is 30.2 Å². The van der Waals surface area contributed by atoms with Crippen LogP contribution >= 0.6 is 0 Å². The van der Waals surface area contributed by atoms with Crippen molar-refractivity contribution in [1.82, 2.24) is 4.90 Å². The molecular weight excluding hydrogens is 358 g/mol. The van der Waals surface area contributed by atoms with E-state index in [4.69, 9.17) is 18.9 Å². The number of aliphatic hydroxyl groups excluding tert-OH is 1. The maximum atomic E-state index is 10.3. The average molecular weight is 387 g/mol. The van der Waals surface area contributed by atoms with E-state index < -0.39 is 6.10 Å². The summed E-state index contributed by atoms with van der Waals surface area (Å²) in [7, 11) is 1.64. The third kappa shape index (κ3) is 6.80. The molecule has 1 aliphatic rings. The van der Waals surface area contributed by atoms with Gasteiger partial charge in [-0.2, -0.15) is 0 Å². The zero-order valence-electron chi connectivity index (χ0n) is 16.3. The molecule has 1 saturated heterocycles. The van der Waals surface area contributed by atoms with Gasteiger partial charge in [0.25, 0.3) is 0 Å². The van der Waals surface area contributed by atoms with Gasteiger partial charge in [0, 0.05) is 25.7 Å². The molecule has 6 nitrogen and oxygen atoms in total. The van der Waals surface area contributed by atoms with Crippen molar-refractivity contribution in [2.45, 2.75) is 18.8 Å². The Morgan fingerprint density at radius 2 is 1.96 bits per heavy atom. The maximum Gasteiger partial charge on any atom is 0.123 e. The summed E-state index contributed by atoms with van der Waals surface area (Å²) < 4.78 is 22.5. The van der Waals surface area contributed by atoms with Crippen molar-refractivity contribution in [3.63, 3.8) is 0 Å². The molecule has 1 heterocycles. The minimum atomic E-state index is -0.526. The van der Waals surface area contributed by atoms with Gasteiger partial charge >= 0.3 is 0 Å². The highest BCUT2D eigenvalue weighted by Gasteiger charge is 2.23. The topological polar surface area (TPSA) is 60.4 Å². The quantitative estimate of drug-likeness (QED) is 0.675. The van der Waals surface area contributed by atoms with Crippen LogP contribution in [0.2, 0.25) is 0 Å². The van der Waals surface area contributed by atoms with Crippen LogP contribution in [0, 0.1) is 0 Å². The summed E-state index contributed by atoms with van der Waals surface area (Å²) >= 11 is 0. The van der Waals surface area contributed by atoms with Gasteiger partial charge in [-0.1, -0.05) is 36.4 Å². The lowest BCUT2D eigenvalue weighted by Crippen LogP contribution is -2.48. The third-order valence-corrected chi connectivity index (χ3v) is 4.59. The highest BCUT2D eigenvalue weighted by Crippen LogP contribution is 2.19. The standard InChI is InChI=1S/C22H29NO5/c1-25-20-8-5-9-21(12-20)28-17-22-14-23(10-11-27-22)13-19(24)16-26-15-18-6-3-2-4-7-18/h2-9,12,19,22,24H,10-11,13-17H2,1H3/t19-,22-/m0/s1. The van der Waals surface area contributed by atoms with Gasteiger partial charge in [0.05, 0.1) is 33.0 Å². The fraction of sp³-hybridized carbons (Fsp3) is 0.455. The molecule has 0 unspecified atom stereocenters. The first-order valence-electron chi connectivity index (χ1n) is 9.63. The van der Waals surface area contributed by atoms with Crippen LogP contribution < -0.4 is 9.47 Å². The van der Waals surface area contributed by atoms with Gasteiger partial charge < -0.3 is 24.1 Å². The lowest BCUT2D eigenvalue weighted by molar-refractivity contribution is -0.0654. The van der Waals surface area contributed by atoms with Gasteiger partial charge in [-0.3, -0.25) is 4.90 Å². The van der Waals surface area contributed by atoms with Gasteiger partial charge in [-0.05, 0) is 17.7 Å². The Hall–Kier alpha value is -2.12. The van der Waals surface area contributed by atoms with Crippen LogP contribution in [0.5, 0.6) is 11.5 Å². The van der Waals surface area contributed by atoms with Gasteiger partial charge in [0.15, 0.2) is 0 Å². The number of hydrogen-bond donors (Lipinski definition) is 1. The first-order chi connectivity index (χ1) is 13.7. The van der Waals surface area contributed by atoms with Crippen LogP contribution in [-0.4, -0.2) is 68.8 Å². The molecule has 0 saturated carbocycles. The second kappa shape index (κ2) is 11.0. The second-order valence-corrected chi connectivity index (χ2v) is 6.90. The molecule has 0 amide bonds. The van der Waals surface area contributed by atoms with Crippen molar-refractivity contribution >= 4 is 0 Å². The Labute approximate surface area is 166 Å². The normalized spacial score (nSPS) is 18.6. The summed E-state index contributed by atoms with van der Waals surface area (Å²) in [6, 6.07) is 17.5. The minimum Gasteiger partial charge on any atom is -0.497 e. The molecule has 1 fully saturated rings. The van der Waals surface area contributed by atoms with Crippen molar-refractivity contribution < 1.29 is 24.1 Å². The Bertz CT molecular complexity index is 696. The summed E-state index contributed by atoms with van der Waals surface area (Å²) in [5, 5.41) is 10.3. The Kier molecular flexibility index (Phi) is 8.11. The summed E-state index contributed by atoms with van der Waals surface area (Å²) in [6.45, 7) is 4.00. The van der Waals surface area contributed by atoms with Crippen LogP contribution in [-0.2, 0) is 16.1 Å². The van der Waals surface area contributed by atoms with E-state index in [0.29, 0.717) is 33.0 Å². The van der Waals surface area contributed by atoms with Crippen molar-refractivity contribution in [1.29, 1.82) is 0 Å². The lowest BCUT2D eigenvalue weighted by Gasteiger charge is -2.33. The van der Waals surface area contributed by atoms with E-state index in [1.807, 2.05) is 54.6 Å². The maximum absolute atomic E-state index is 10.3. The predicted molar refractivity (Wildman–Crippen MR) is 107 cm³/mol. The number of β-amino-alcohol motifs (C(OH)–C–C–N with tert-alkyl or cyclic N) is 1. The number of rotatable bonds is 10. The first kappa shape index (κ1) is 20.6. The van der Waals surface area contributed by atoms with Gasteiger partial charge in [-0.15, -0.1) is 0 Å². The Morgan fingerprint density at radius 3 is 2.79 bits per heavy atom. The van der Waals surface area contributed by atoms with Crippen LogP contribution in [0.15, 0.2) is 54.6 Å². The summed E-state index contributed by atoms with van der Waals surface area (Å²) in [6.07, 6.45) is -0.556. The number of methoxy groups -OCH3 is 1. The number of nitrogens with zero attached hydrogens (tertiary/aromatic N) is 1. The molecule has 152 valence electrons. The number of aliphatic hydroxyl groups is 1. The largest absolute Gasteiger partial charge is 0.497 e. The van der Waals surface area contributed by atoms with Crippen LogP contribution in [0.1, 0.15) is 5.56 Å². The monoisotopic (exact) mass is 387 g/mol. The second-order valence-electron chi connectivity index (χ2n) is 6.90. The fourth-order valence-electron chi connectivity index (χ4n) is 3.17. The first-order valence-corrected chi connectivity index (χ1v) is 9.63. The average Bonchev–Trinajstić information content (AvgIpc) is 2.73. The van der Waals surface area contributed by atoms with Crippen LogP contribution in [0.25, 0.3) is 0 Å².